The van der Waals surface area contributed by atoms with Crippen LogP contribution in [0.3, 0.4) is 0 Å². The van der Waals surface area contributed by atoms with Crippen LogP contribution in [0.15, 0.2) is 42.7 Å². The topological polar surface area (TPSA) is 104 Å². The number of carbonyl (C=O) groups is 2. The third-order valence-corrected chi connectivity index (χ3v) is 4.35. The first-order chi connectivity index (χ1) is 12.1. The monoisotopic (exact) mass is 340 g/mol. The summed E-state index contributed by atoms with van der Waals surface area (Å²) in [6.45, 7) is 0. The number of carboxylic acid groups (broad SMARTS) is 1. The van der Waals surface area contributed by atoms with E-state index < -0.39 is 5.97 Å². The van der Waals surface area contributed by atoms with Gasteiger partial charge >= 0.3 is 12.0 Å². The second-order valence-electron chi connectivity index (χ2n) is 6.15. The van der Waals surface area contributed by atoms with E-state index in [1.165, 1.54) is 0 Å². The molecular weight excluding hydrogens is 320 g/mol. The fourth-order valence-electron chi connectivity index (χ4n) is 2.97. The standard InChI is InChI=1S/C18H20N4O3/c23-17(24)13-6-8-14(9-7-13)21-18(25)22-15-10-19-16(20-11-15)12-4-2-1-3-5-12/h1-5,10-11,13-14H,6-9H2,(H,23,24)(H2,21,22,25). The van der Waals surface area contributed by atoms with Gasteiger partial charge in [-0.1, -0.05) is 30.3 Å². The van der Waals surface area contributed by atoms with Crippen LogP contribution in [0.2, 0.25) is 0 Å². The molecule has 7 nitrogen and oxygen atoms in total. The van der Waals surface area contributed by atoms with Crippen molar-refractivity contribution in [2.24, 2.45) is 5.92 Å². The quantitative estimate of drug-likeness (QED) is 0.794. The summed E-state index contributed by atoms with van der Waals surface area (Å²) >= 11 is 0. The largest absolute Gasteiger partial charge is 0.481 e. The Kier molecular flexibility index (Phi) is 5.23. The molecule has 0 spiro atoms. The Labute approximate surface area is 145 Å². The zero-order valence-corrected chi connectivity index (χ0v) is 13.7. The Morgan fingerprint density at radius 2 is 1.64 bits per heavy atom. The normalized spacial score (nSPS) is 19.8. The summed E-state index contributed by atoms with van der Waals surface area (Å²) in [5.74, 6) is -0.447. The molecule has 25 heavy (non-hydrogen) atoms. The summed E-state index contributed by atoms with van der Waals surface area (Å²) in [6.07, 6.45) is 5.67. The van der Waals surface area contributed by atoms with Crippen LogP contribution in [-0.4, -0.2) is 33.1 Å². The van der Waals surface area contributed by atoms with E-state index in [4.69, 9.17) is 5.11 Å². The Bertz CT molecular complexity index is 726. The number of carboxylic acids is 1. The van der Waals surface area contributed by atoms with Crippen LogP contribution in [0.4, 0.5) is 10.5 Å². The summed E-state index contributed by atoms with van der Waals surface area (Å²) in [7, 11) is 0. The third-order valence-electron chi connectivity index (χ3n) is 4.35. The zero-order valence-electron chi connectivity index (χ0n) is 13.7. The highest BCUT2D eigenvalue weighted by atomic mass is 16.4. The third kappa shape index (κ3) is 4.53. The molecule has 1 heterocycles. The number of carbonyl (C=O) groups excluding carboxylic acids is 1. The number of anilines is 1. The average Bonchev–Trinajstić information content (AvgIpc) is 2.63. The molecule has 0 unspecified atom stereocenters. The van der Waals surface area contributed by atoms with Crippen LogP contribution in [0.1, 0.15) is 25.7 Å². The van der Waals surface area contributed by atoms with Crippen LogP contribution in [-0.2, 0) is 4.79 Å². The second kappa shape index (κ2) is 7.74. The van der Waals surface area contributed by atoms with Crippen molar-refractivity contribution in [1.29, 1.82) is 0 Å². The van der Waals surface area contributed by atoms with Crippen LogP contribution in [0, 0.1) is 5.92 Å². The summed E-state index contributed by atoms with van der Waals surface area (Å²) in [6, 6.07) is 9.27. The predicted octanol–water partition coefficient (Wildman–Crippen LogP) is 2.91. The van der Waals surface area contributed by atoms with Crippen LogP contribution >= 0.6 is 0 Å². The smallest absolute Gasteiger partial charge is 0.319 e. The molecule has 0 radical (unpaired) electrons. The number of hydrogen-bond acceptors (Lipinski definition) is 4. The van der Waals surface area contributed by atoms with Gasteiger partial charge < -0.3 is 15.7 Å². The van der Waals surface area contributed by atoms with Crippen LogP contribution < -0.4 is 10.6 Å². The SMILES string of the molecule is O=C(Nc1cnc(-c2ccccc2)nc1)NC1CCC(C(=O)O)CC1. The van der Waals surface area contributed by atoms with Gasteiger partial charge in [0, 0.05) is 11.6 Å². The Morgan fingerprint density at radius 1 is 1.00 bits per heavy atom. The number of aliphatic carboxylic acids is 1. The highest BCUT2D eigenvalue weighted by Crippen LogP contribution is 2.24. The van der Waals surface area contributed by atoms with Crippen LogP contribution in [0.5, 0.6) is 0 Å². The van der Waals surface area contributed by atoms with E-state index >= 15 is 0 Å². The van der Waals surface area contributed by atoms with Gasteiger partial charge in [-0.2, -0.15) is 0 Å². The Balaban J connectivity index is 1.51. The van der Waals surface area contributed by atoms with Gasteiger partial charge in [0.1, 0.15) is 0 Å². The van der Waals surface area contributed by atoms with Gasteiger partial charge in [-0.05, 0) is 25.7 Å². The number of urea groups is 1. The number of hydrogen-bond donors (Lipinski definition) is 3. The molecule has 0 saturated heterocycles. The first kappa shape index (κ1) is 16.9. The van der Waals surface area contributed by atoms with E-state index in [9.17, 15) is 9.59 Å². The highest BCUT2D eigenvalue weighted by Gasteiger charge is 2.26. The van der Waals surface area contributed by atoms with Crippen molar-refractivity contribution in [3.63, 3.8) is 0 Å². The minimum atomic E-state index is -0.751. The van der Waals surface area contributed by atoms with Crippen LogP contribution in [0.25, 0.3) is 11.4 Å². The Morgan fingerprint density at radius 3 is 2.24 bits per heavy atom. The van der Waals surface area contributed by atoms with Crippen molar-refractivity contribution in [3.8, 4) is 11.4 Å². The minimum Gasteiger partial charge on any atom is -0.481 e. The average molecular weight is 340 g/mol. The Hall–Kier alpha value is -2.96. The van der Waals surface area contributed by atoms with E-state index in [0.29, 0.717) is 37.2 Å². The molecule has 130 valence electrons. The molecule has 1 aliphatic rings. The molecular formula is C18H20N4O3. The number of aromatic nitrogens is 2. The van der Waals surface area contributed by atoms with Crippen molar-refractivity contribution in [1.82, 2.24) is 15.3 Å². The van der Waals surface area contributed by atoms with Gasteiger partial charge in [0.05, 0.1) is 24.0 Å². The van der Waals surface area contributed by atoms with E-state index in [0.717, 1.165) is 5.56 Å². The second-order valence-corrected chi connectivity index (χ2v) is 6.15. The van der Waals surface area contributed by atoms with Crippen molar-refractivity contribution in [3.05, 3.63) is 42.7 Å². The van der Waals surface area contributed by atoms with E-state index in [2.05, 4.69) is 20.6 Å². The fraction of sp³-hybridized carbons (Fsp3) is 0.333. The molecule has 1 aromatic carbocycles. The molecule has 0 aliphatic heterocycles. The minimum absolute atomic E-state index is 0.000102. The molecule has 0 atom stereocenters. The molecule has 1 aliphatic carbocycles. The van der Waals surface area contributed by atoms with E-state index in [-0.39, 0.29) is 18.0 Å². The lowest BCUT2D eigenvalue weighted by molar-refractivity contribution is -0.142. The van der Waals surface area contributed by atoms with Gasteiger partial charge in [-0.25, -0.2) is 14.8 Å². The summed E-state index contributed by atoms with van der Waals surface area (Å²) in [4.78, 5) is 31.5. The van der Waals surface area contributed by atoms with Gasteiger partial charge in [-0.15, -0.1) is 0 Å². The first-order valence-electron chi connectivity index (χ1n) is 8.29. The molecule has 2 aromatic rings. The van der Waals surface area contributed by atoms with Crippen molar-refractivity contribution < 1.29 is 14.7 Å². The van der Waals surface area contributed by atoms with Gasteiger partial charge in [0.15, 0.2) is 5.82 Å². The maximum absolute atomic E-state index is 12.1. The number of amides is 2. The summed E-state index contributed by atoms with van der Waals surface area (Å²) < 4.78 is 0. The maximum atomic E-state index is 12.1. The molecule has 2 amide bonds. The van der Waals surface area contributed by atoms with E-state index in [1.54, 1.807) is 12.4 Å². The van der Waals surface area contributed by atoms with Crippen molar-refractivity contribution in [2.75, 3.05) is 5.32 Å². The number of benzene rings is 1. The van der Waals surface area contributed by atoms with Gasteiger partial charge in [0.2, 0.25) is 0 Å². The molecule has 3 N–H and O–H groups in total. The molecule has 1 saturated carbocycles. The molecule has 0 bridgehead atoms. The molecule has 7 heteroatoms. The fourth-order valence-corrected chi connectivity index (χ4v) is 2.97. The predicted molar refractivity (Wildman–Crippen MR) is 93.0 cm³/mol. The number of nitrogens with one attached hydrogen (secondary N) is 2. The lowest BCUT2D eigenvalue weighted by atomic mass is 9.86. The number of nitrogens with zero attached hydrogens (tertiary/aromatic N) is 2. The molecule has 3 rings (SSSR count). The van der Waals surface area contributed by atoms with Crippen molar-refractivity contribution >= 4 is 17.7 Å². The lowest BCUT2D eigenvalue weighted by Crippen LogP contribution is -2.41. The highest BCUT2D eigenvalue weighted by molar-refractivity contribution is 5.89. The zero-order chi connectivity index (χ0) is 17.6. The van der Waals surface area contributed by atoms with E-state index in [1.807, 2.05) is 30.3 Å². The van der Waals surface area contributed by atoms with Gasteiger partial charge in [-0.3, -0.25) is 4.79 Å². The van der Waals surface area contributed by atoms with Crippen molar-refractivity contribution in [2.45, 2.75) is 31.7 Å². The lowest BCUT2D eigenvalue weighted by Gasteiger charge is -2.26. The summed E-state index contributed by atoms with van der Waals surface area (Å²) in [5.41, 5.74) is 1.42. The summed E-state index contributed by atoms with van der Waals surface area (Å²) in [5, 5.41) is 14.6. The molecule has 1 fully saturated rings. The first-order valence-corrected chi connectivity index (χ1v) is 8.29. The molecule has 1 aromatic heterocycles. The van der Waals surface area contributed by atoms with Gasteiger partial charge in [0.25, 0.3) is 0 Å². The maximum Gasteiger partial charge on any atom is 0.319 e. The number of rotatable bonds is 4.